The first kappa shape index (κ1) is 12.7. The Balaban J connectivity index is 2.21. The van der Waals surface area contributed by atoms with E-state index in [2.05, 4.69) is 26.6 Å². The second-order valence-electron chi connectivity index (χ2n) is 3.81. The zero-order chi connectivity index (χ0) is 12.4. The Morgan fingerprint density at radius 2 is 2.29 bits per heavy atom. The van der Waals surface area contributed by atoms with Crippen molar-refractivity contribution in [2.24, 2.45) is 5.92 Å². The summed E-state index contributed by atoms with van der Waals surface area (Å²) in [5.74, 6) is 0.587. The minimum absolute atomic E-state index is 0.0174. The molecule has 1 amide bonds. The van der Waals surface area contributed by atoms with Crippen LogP contribution in [0.15, 0.2) is 16.6 Å². The maximum Gasteiger partial charge on any atom is 0.230 e. The van der Waals surface area contributed by atoms with Gasteiger partial charge in [-0.15, -0.1) is 0 Å². The molecule has 1 aliphatic rings. The average molecular weight is 320 g/mol. The summed E-state index contributed by atoms with van der Waals surface area (Å²) in [6.45, 7) is 1.44. The summed E-state index contributed by atoms with van der Waals surface area (Å²) in [7, 11) is 1.55. The van der Waals surface area contributed by atoms with Crippen LogP contribution in [0.1, 0.15) is 0 Å². The van der Waals surface area contributed by atoms with Gasteiger partial charge in [-0.2, -0.15) is 0 Å². The first-order valence-electron chi connectivity index (χ1n) is 5.16. The van der Waals surface area contributed by atoms with E-state index in [1.807, 2.05) is 0 Å². The maximum absolute atomic E-state index is 11.8. The quantitative estimate of drug-likeness (QED) is 0.898. The second-order valence-corrected chi connectivity index (χ2v) is 5.10. The second kappa shape index (κ2) is 5.25. The van der Waals surface area contributed by atoms with E-state index < -0.39 is 0 Å². The van der Waals surface area contributed by atoms with Crippen LogP contribution >= 0.6 is 27.5 Å². The monoisotopic (exact) mass is 318 g/mol. The summed E-state index contributed by atoms with van der Waals surface area (Å²) >= 11 is 9.28. The number of carbonyl (C=O) groups excluding carboxylic acids is 1. The minimum Gasteiger partial charge on any atom is -0.493 e. The van der Waals surface area contributed by atoms with Crippen LogP contribution in [0.4, 0.5) is 5.69 Å². The van der Waals surface area contributed by atoms with Gasteiger partial charge in [0.2, 0.25) is 5.91 Å². The normalized spacial score (nSPS) is 15.2. The molecule has 0 unspecified atom stereocenters. The van der Waals surface area contributed by atoms with Gasteiger partial charge in [-0.3, -0.25) is 4.79 Å². The molecule has 92 valence electrons. The molecule has 0 aliphatic carbocycles. The molecule has 1 saturated heterocycles. The topological polar surface area (TPSA) is 50.4 Å². The van der Waals surface area contributed by atoms with Gasteiger partial charge in [0.1, 0.15) is 0 Å². The van der Waals surface area contributed by atoms with Crippen molar-refractivity contribution in [3.05, 3.63) is 21.6 Å². The van der Waals surface area contributed by atoms with E-state index in [4.69, 9.17) is 16.3 Å². The lowest BCUT2D eigenvalue weighted by atomic mass is 10.0. The predicted octanol–water partition coefficient (Wildman–Crippen LogP) is 2.27. The Kier molecular flexibility index (Phi) is 3.91. The first-order valence-corrected chi connectivity index (χ1v) is 6.33. The van der Waals surface area contributed by atoms with Crippen LogP contribution in [0, 0.1) is 5.92 Å². The summed E-state index contributed by atoms with van der Waals surface area (Å²) in [6, 6.07) is 3.40. The molecule has 1 heterocycles. The number of halogens is 2. The highest BCUT2D eigenvalue weighted by molar-refractivity contribution is 9.10. The number of nitrogens with one attached hydrogen (secondary N) is 2. The molecule has 1 fully saturated rings. The number of ether oxygens (including phenoxy) is 1. The van der Waals surface area contributed by atoms with E-state index in [9.17, 15) is 4.79 Å². The average Bonchev–Trinajstić information content (AvgIpc) is 2.13. The van der Waals surface area contributed by atoms with E-state index in [0.29, 0.717) is 16.5 Å². The van der Waals surface area contributed by atoms with Gasteiger partial charge in [0.05, 0.1) is 23.2 Å². The van der Waals surface area contributed by atoms with Crippen molar-refractivity contribution in [1.82, 2.24) is 5.32 Å². The predicted molar refractivity (Wildman–Crippen MR) is 70.7 cm³/mol. The van der Waals surface area contributed by atoms with E-state index in [0.717, 1.165) is 17.6 Å². The zero-order valence-corrected chi connectivity index (χ0v) is 11.6. The van der Waals surface area contributed by atoms with Crippen LogP contribution in [-0.2, 0) is 4.79 Å². The fraction of sp³-hybridized carbons (Fsp3) is 0.364. The van der Waals surface area contributed by atoms with Crippen molar-refractivity contribution in [3.8, 4) is 5.75 Å². The lowest BCUT2D eigenvalue weighted by molar-refractivity contribution is -0.121. The Hall–Kier alpha value is -0.780. The SMILES string of the molecule is COc1c(Br)cc(Cl)cc1NC(=O)C1CNC1. The molecule has 2 rings (SSSR count). The van der Waals surface area contributed by atoms with Gasteiger partial charge in [0, 0.05) is 18.1 Å². The molecule has 4 nitrogen and oxygen atoms in total. The minimum atomic E-state index is -0.0174. The summed E-state index contributed by atoms with van der Waals surface area (Å²) in [4.78, 5) is 11.8. The lowest BCUT2D eigenvalue weighted by Crippen LogP contribution is -2.48. The molecule has 6 heteroatoms. The van der Waals surface area contributed by atoms with E-state index >= 15 is 0 Å². The number of carbonyl (C=O) groups is 1. The third-order valence-corrected chi connectivity index (χ3v) is 3.43. The van der Waals surface area contributed by atoms with Crippen molar-refractivity contribution in [2.45, 2.75) is 0 Å². The molecule has 17 heavy (non-hydrogen) atoms. The molecule has 0 atom stereocenters. The van der Waals surface area contributed by atoms with Gasteiger partial charge >= 0.3 is 0 Å². The number of amides is 1. The van der Waals surface area contributed by atoms with Crippen LogP contribution in [0.25, 0.3) is 0 Å². The highest BCUT2D eigenvalue weighted by Crippen LogP contribution is 2.36. The zero-order valence-electron chi connectivity index (χ0n) is 9.22. The van der Waals surface area contributed by atoms with Crippen LogP contribution in [0.5, 0.6) is 5.75 Å². The number of anilines is 1. The highest BCUT2D eigenvalue weighted by Gasteiger charge is 2.25. The van der Waals surface area contributed by atoms with E-state index in [-0.39, 0.29) is 11.8 Å². The fourth-order valence-electron chi connectivity index (χ4n) is 1.57. The van der Waals surface area contributed by atoms with Gasteiger partial charge in [-0.25, -0.2) is 0 Å². The van der Waals surface area contributed by atoms with Gasteiger partial charge in [0.15, 0.2) is 5.75 Å². The molecule has 0 spiro atoms. The number of methoxy groups -OCH3 is 1. The van der Waals surface area contributed by atoms with Gasteiger partial charge in [-0.05, 0) is 28.1 Å². The first-order chi connectivity index (χ1) is 8.11. The third kappa shape index (κ3) is 2.73. The molecule has 0 aromatic heterocycles. The number of hydrogen-bond donors (Lipinski definition) is 2. The Morgan fingerprint density at radius 1 is 1.59 bits per heavy atom. The number of hydrogen-bond acceptors (Lipinski definition) is 3. The molecule has 1 aromatic rings. The van der Waals surface area contributed by atoms with Crippen molar-refractivity contribution in [3.63, 3.8) is 0 Å². The standard InChI is InChI=1S/C11H12BrClN2O2/c1-17-10-8(12)2-7(13)3-9(10)15-11(16)6-4-14-5-6/h2-3,6,14H,4-5H2,1H3,(H,15,16). The van der Waals surface area contributed by atoms with Gasteiger partial charge < -0.3 is 15.4 Å². The summed E-state index contributed by atoms with van der Waals surface area (Å²) in [6.07, 6.45) is 0. The van der Waals surface area contributed by atoms with E-state index in [1.165, 1.54) is 0 Å². The van der Waals surface area contributed by atoms with Crippen molar-refractivity contribution >= 4 is 39.1 Å². The fourth-order valence-corrected chi connectivity index (χ4v) is 2.54. The molecule has 0 bridgehead atoms. The lowest BCUT2D eigenvalue weighted by Gasteiger charge is -2.26. The molecule has 1 aromatic carbocycles. The molecule has 0 radical (unpaired) electrons. The Labute approximate surface area is 113 Å². The number of benzene rings is 1. The van der Waals surface area contributed by atoms with Crippen LogP contribution in [0.2, 0.25) is 5.02 Å². The highest BCUT2D eigenvalue weighted by atomic mass is 79.9. The van der Waals surface area contributed by atoms with E-state index in [1.54, 1.807) is 19.2 Å². The van der Waals surface area contributed by atoms with Crippen molar-refractivity contribution in [1.29, 1.82) is 0 Å². The maximum atomic E-state index is 11.8. The van der Waals surface area contributed by atoms with Crippen molar-refractivity contribution < 1.29 is 9.53 Å². The van der Waals surface area contributed by atoms with Crippen LogP contribution < -0.4 is 15.4 Å². The molecular weight excluding hydrogens is 307 g/mol. The van der Waals surface area contributed by atoms with Crippen LogP contribution in [-0.4, -0.2) is 26.1 Å². The summed E-state index contributed by atoms with van der Waals surface area (Å²) in [5, 5.41) is 6.42. The molecule has 1 aliphatic heterocycles. The molecular formula is C11H12BrClN2O2. The summed E-state index contributed by atoms with van der Waals surface area (Å²) in [5.41, 5.74) is 0.587. The van der Waals surface area contributed by atoms with Crippen molar-refractivity contribution in [2.75, 3.05) is 25.5 Å². The van der Waals surface area contributed by atoms with Gasteiger partial charge in [0.25, 0.3) is 0 Å². The number of rotatable bonds is 3. The molecule has 2 N–H and O–H groups in total. The smallest absolute Gasteiger partial charge is 0.230 e. The third-order valence-electron chi connectivity index (χ3n) is 2.62. The van der Waals surface area contributed by atoms with Gasteiger partial charge in [-0.1, -0.05) is 11.6 Å². The summed E-state index contributed by atoms with van der Waals surface area (Å²) < 4.78 is 5.94. The molecule has 0 saturated carbocycles. The Bertz CT molecular complexity index is 449. The largest absolute Gasteiger partial charge is 0.493 e. The Morgan fingerprint density at radius 3 is 2.82 bits per heavy atom. The van der Waals surface area contributed by atoms with Crippen LogP contribution in [0.3, 0.4) is 0 Å².